The van der Waals surface area contributed by atoms with Crippen molar-refractivity contribution in [1.82, 2.24) is 4.90 Å². The van der Waals surface area contributed by atoms with E-state index >= 15 is 0 Å². The number of ether oxygens (including phenoxy) is 1. The van der Waals surface area contributed by atoms with Gasteiger partial charge in [0.2, 0.25) is 11.8 Å². The molecule has 2 amide bonds. The smallest absolute Gasteiger partial charge is 0.238 e. The van der Waals surface area contributed by atoms with Gasteiger partial charge in [0, 0.05) is 10.7 Å². The van der Waals surface area contributed by atoms with Crippen molar-refractivity contribution in [3.05, 3.63) is 53.3 Å². The fourth-order valence-electron chi connectivity index (χ4n) is 2.20. The first-order valence-electron chi connectivity index (χ1n) is 7.74. The van der Waals surface area contributed by atoms with E-state index in [9.17, 15) is 14.0 Å². The molecule has 0 aliphatic heterocycles. The van der Waals surface area contributed by atoms with Crippen molar-refractivity contribution in [3.63, 3.8) is 0 Å². The Morgan fingerprint density at radius 2 is 1.69 bits per heavy atom. The number of anilines is 2. The third kappa shape index (κ3) is 6.02. The largest absolute Gasteiger partial charge is 0.497 e. The molecule has 8 heteroatoms. The van der Waals surface area contributed by atoms with Crippen LogP contribution < -0.4 is 15.4 Å². The predicted molar refractivity (Wildman–Crippen MR) is 99.2 cm³/mol. The maximum atomic E-state index is 13.6. The van der Waals surface area contributed by atoms with Crippen molar-refractivity contribution in [2.45, 2.75) is 0 Å². The number of amides is 2. The van der Waals surface area contributed by atoms with Crippen LogP contribution in [0.1, 0.15) is 0 Å². The van der Waals surface area contributed by atoms with Crippen molar-refractivity contribution >= 4 is 34.8 Å². The topological polar surface area (TPSA) is 70.7 Å². The number of nitrogens with one attached hydrogen (secondary N) is 2. The first-order chi connectivity index (χ1) is 12.4. The van der Waals surface area contributed by atoms with E-state index in [0.29, 0.717) is 16.5 Å². The van der Waals surface area contributed by atoms with Crippen LogP contribution in [-0.2, 0) is 9.59 Å². The molecule has 0 heterocycles. The monoisotopic (exact) mass is 379 g/mol. The highest BCUT2D eigenvalue weighted by molar-refractivity contribution is 6.30. The van der Waals surface area contributed by atoms with Crippen molar-refractivity contribution in [2.24, 2.45) is 0 Å². The van der Waals surface area contributed by atoms with Crippen LogP contribution in [0.3, 0.4) is 0 Å². The minimum absolute atomic E-state index is 0.00131. The number of nitrogens with zero attached hydrogens (tertiary/aromatic N) is 1. The number of hydrogen-bond donors (Lipinski definition) is 2. The summed E-state index contributed by atoms with van der Waals surface area (Å²) in [7, 11) is 3.17. The van der Waals surface area contributed by atoms with Crippen molar-refractivity contribution in [1.29, 1.82) is 0 Å². The lowest BCUT2D eigenvalue weighted by Crippen LogP contribution is -2.36. The molecule has 0 radical (unpaired) electrons. The van der Waals surface area contributed by atoms with E-state index in [1.807, 2.05) is 0 Å². The summed E-state index contributed by atoms with van der Waals surface area (Å²) in [6.45, 7) is -0.0839. The fraction of sp³-hybridized carbons (Fsp3) is 0.222. The van der Waals surface area contributed by atoms with Crippen LogP contribution in [0, 0.1) is 5.82 Å². The molecule has 2 N–H and O–H groups in total. The fourth-order valence-corrected chi connectivity index (χ4v) is 2.38. The van der Waals surface area contributed by atoms with Crippen LogP contribution in [0.2, 0.25) is 5.02 Å². The summed E-state index contributed by atoms with van der Waals surface area (Å²) in [5.74, 6) is -0.627. The SMILES string of the molecule is COc1ccc(NC(=O)CN(C)CC(=O)Nc2cc(Cl)ccc2F)cc1. The Hall–Kier alpha value is -2.64. The third-order valence-electron chi connectivity index (χ3n) is 3.40. The Balaban J connectivity index is 1.82. The van der Waals surface area contributed by atoms with Gasteiger partial charge in [0.05, 0.1) is 25.9 Å². The Morgan fingerprint density at radius 1 is 1.08 bits per heavy atom. The molecule has 6 nitrogen and oxygen atoms in total. The quantitative estimate of drug-likeness (QED) is 0.775. The second kappa shape index (κ2) is 9.17. The minimum Gasteiger partial charge on any atom is -0.497 e. The summed E-state index contributed by atoms with van der Waals surface area (Å²) in [5.41, 5.74) is 0.619. The molecule has 2 aromatic carbocycles. The van der Waals surface area contributed by atoms with Gasteiger partial charge in [-0.25, -0.2) is 4.39 Å². The average Bonchev–Trinajstić information content (AvgIpc) is 2.58. The van der Waals surface area contributed by atoms with Gasteiger partial charge in [0.15, 0.2) is 0 Å². The zero-order valence-corrected chi connectivity index (χ0v) is 15.1. The molecular formula is C18H19ClFN3O3. The lowest BCUT2D eigenvalue weighted by molar-refractivity contribution is -0.119. The van der Waals surface area contributed by atoms with Crippen molar-refractivity contribution < 1.29 is 18.7 Å². The second-order valence-electron chi connectivity index (χ2n) is 5.62. The van der Waals surface area contributed by atoms with Crippen LogP contribution in [0.4, 0.5) is 15.8 Å². The van der Waals surface area contributed by atoms with Crippen molar-refractivity contribution in [2.75, 3.05) is 37.9 Å². The molecule has 26 heavy (non-hydrogen) atoms. The molecule has 0 aromatic heterocycles. The van der Waals surface area contributed by atoms with E-state index < -0.39 is 11.7 Å². The Kier molecular flexibility index (Phi) is 6.94. The standard InChI is InChI=1S/C18H19ClFN3O3/c1-23(10-17(24)21-13-4-6-14(26-2)7-5-13)11-18(25)22-16-9-12(19)3-8-15(16)20/h3-9H,10-11H2,1-2H3,(H,21,24)(H,22,25). The van der Waals surface area contributed by atoms with Gasteiger partial charge in [-0.3, -0.25) is 14.5 Å². The van der Waals surface area contributed by atoms with E-state index in [0.717, 1.165) is 0 Å². The predicted octanol–water partition coefficient (Wildman–Crippen LogP) is 3.00. The molecule has 0 aliphatic rings. The summed E-state index contributed by atoms with van der Waals surface area (Å²) in [4.78, 5) is 25.5. The highest BCUT2D eigenvalue weighted by atomic mass is 35.5. The third-order valence-corrected chi connectivity index (χ3v) is 3.64. The van der Waals surface area contributed by atoms with E-state index in [4.69, 9.17) is 16.3 Å². The highest BCUT2D eigenvalue weighted by Crippen LogP contribution is 2.19. The molecule has 0 fully saturated rings. The van der Waals surface area contributed by atoms with E-state index in [1.54, 1.807) is 38.4 Å². The van der Waals surface area contributed by atoms with Gasteiger partial charge >= 0.3 is 0 Å². The lowest BCUT2D eigenvalue weighted by Gasteiger charge is -2.16. The minimum atomic E-state index is -0.581. The average molecular weight is 380 g/mol. The number of likely N-dealkylation sites (N-methyl/N-ethyl adjacent to an activating group) is 1. The summed E-state index contributed by atoms with van der Waals surface area (Å²) < 4.78 is 18.7. The number of methoxy groups -OCH3 is 1. The Bertz CT molecular complexity index is 784. The van der Waals surface area contributed by atoms with Crippen LogP contribution in [0.25, 0.3) is 0 Å². The first-order valence-corrected chi connectivity index (χ1v) is 8.12. The van der Waals surface area contributed by atoms with Gasteiger partial charge in [-0.15, -0.1) is 0 Å². The van der Waals surface area contributed by atoms with Crippen molar-refractivity contribution in [3.8, 4) is 5.75 Å². The molecule has 0 unspecified atom stereocenters. The summed E-state index contributed by atoms with van der Waals surface area (Å²) in [6.07, 6.45) is 0. The number of carbonyl (C=O) groups excluding carboxylic acids is 2. The molecule has 0 aliphatic carbocycles. The molecule has 0 bridgehead atoms. The molecule has 2 aromatic rings. The van der Waals surface area contributed by atoms with Crippen LogP contribution in [0.15, 0.2) is 42.5 Å². The maximum Gasteiger partial charge on any atom is 0.238 e. The number of hydrogen-bond acceptors (Lipinski definition) is 4. The number of rotatable bonds is 7. The number of halogens is 2. The maximum absolute atomic E-state index is 13.6. The van der Waals surface area contributed by atoms with E-state index in [1.165, 1.54) is 23.1 Å². The zero-order chi connectivity index (χ0) is 19.1. The molecule has 138 valence electrons. The van der Waals surface area contributed by atoms with Gasteiger partial charge < -0.3 is 15.4 Å². The highest BCUT2D eigenvalue weighted by Gasteiger charge is 2.13. The molecule has 2 rings (SSSR count). The van der Waals surface area contributed by atoms with Crippen LogP contribution in [0.5, 0.6) is 5.75 Å². The van der Waals surface area contributed by atoms with Crippen LogP contribution >= 0.6 is 11.6 Å². The number of benzene rings is 2. The van der Waals surface area contributed by atoms with E-state index in [-0.39, 0.29) is 24.7 Å². The normalized spacial score (nSPS) is 10.5. The zero-order valence-electron chi connectivity index (χ0n) is 14.4. The van der Waals surface area contributed by atoms with Gasteiger partial charge in [-0.2, -0.15) is 0 Å². The Labute approximate surface area is 155 Å². The Morgan fingerprint density at radius 3 is 2.31 bits per heavy atom. The first kappa shape index (κ1) is 19.7. The second-order valence-corrected chi connectivity index (χ2v) is 6.06. The van der Waals surface area contributed by atoms with Gasteiger partial charge in [0.1, 0.15) is 11.6 Å². The molecule has 0 spiro atoms. The molecule has 0 saturated carbocycles. The number of carbonyl (C=O) groups is 2. The van der Waals surface area contributed by atoms with Gasteiger partial charge in [-0.1, -0.05) is 11.6 Å². The van der Waals surface area contributed by atoms with Gasteiger partial charge in [0.25, 0.3) is 0 Å². The van der Waals surface area contributed by atoms with Crippen LogP contribution in [-0.4, -0.2) is 44.0 Å². The summed E-state index contributed by atoms with van der Waals surface area (Å²) >= 11 is 5.78. The van der Waals surface area contributed by atoms with Gasteiger partial charge in [-0.05, 0) is 49.5 Å². The molecule has 0 saturated heterocycles. The summed E-state index contributed by atoms with van der Waals surface area (Å²) in [6, 6.07) is 10.8. The summed E-state index contributed by atoms with van der Waals surface area (Å²) in [5, 5.41) is 5.46. The lowest BCUT2D eigenvalue weighted by atomic mass is 10.3. The van der Waals surface area contributed by atoms with E-state index in [2.05, 4.69) is 10.6 Å². The molecule has 0 atom stereocenters. The molecular weight excluding hydrogens is 361 g/mol.